The summed E-state index contributed by atoms with van der Waals surface area (Å²) in [5.41, 5.74) is 0. The zero-order valence-electron chi connectivity index (χ0n) is 11.9. The summed E-state index contributed by atoms with van der Waals surface area (Å²) in [6.45, 7) is 2.04. The van der Waals surface area contributed by atoms with Gasteiger partial charge in [0, 0.05) is 16.9 Å². The van der Waals surface area contributed by atoms with Crippen molar-refractivity contribution < 1.29 is 19.1 Å². The fourth-order valence-electron chi connectivity index (χ4n) is 3.62. The number of ether oxygens (including phenoxy) is 2. The van der Waals surface area contributed by atoms with Crippen molar-refractivity contribution >= 4 is 23.7 Å². The lowest BCUT2D eigenvalue weighted by atomic mass is 9.89. The van der Waals surface area contributed by atoms with E-state index in [1.165, 1.54) is 32.1 Å². The van der Waals surface area contributed by atoms with Crippen molar-refractivity contribution in [3.05, 3.63) is 0 Å². The molecule has 1 saturated carbocycles. The van der Waals surface area contributed by atoms with Crippen LogP contribution in [0.4, 0.5) is 0 Å². The molecule has 0 aromatic rings. The van der Waals surface area contributed by atoms with Crippen LogP contribution in [-0.4, -0.2) is 28.7 Å². The Labute approximate surface area is 124 Å². The van der Waals surface area contributed by atoms with Gasteiger partial charge in [0.15, 0.2) is 0 Å². The minimum atomic E-state index is -0.962. The van der Waals surface area contributed by atoms with Gasteiger partial charge < -0.3 is 9.47 Å². The summed E-state index contributed by atoms with van der Waals surface area (Å²) in [6.07, 6.45) is 7.22. The Morgan fingerprint density at radius 3 is 2.35 bits per heavy atom. The van der Waals surface area contributed by atoms with Gasteiger partial charge in [0.1, 0.15) is 0 Å². The van der Waals surface area contributed by atoms with Crippen molar-refractivity contribution in [2.24, 2.45) is 11.8 Å². The monoisotopic (exact) mass is 298 g/mol. The van der Waals surface area contributed by atoms with Crippen LogP contribution in [0, 0.1) is 11.8 Å². The van der Waals surface area contributed by atoms with Gasteiger partial charge in [0.25, 0.3) is 5.79 Å². The standard InChI is InChI=1S/C15H22O4S/c1-10(9-20-12-5-3-2-4-6-12)15-11(7-13(16)18-15)8-14(17)19-15/h10-12H,2-9H2,1H3. The molecule has 3 rings (SSSR count). The Hall–Kier alpha value is -0.710. The third-order valence-electron chi connectivity index (χ3n) is 4.76. The summed E-state index contributed by atoms with van der Waals surface area (Å²) in [4.78, 5) is 23.1. The lowest BCUT2D eigenvalue weighted by Gasteiger charge is -2.33. The maximum Gasteiger partial charge on any atom is 0.309 e. The number of thioether (sulfide) groups is 1. The fourth-order valence-corrected chi connectivity index (χ4v) is 5.08. The molecule has 2 saturated heterocycles. The van der Waals surface area contributed by atoms with Crippen molar-refractivity contribution in [1.82, 2.24) is 0 Å². The van der Waals surface area contributed by atoms with Crippen LogP contribution in [0.5, 0.6) is 0 Å². The molecular weight excluding hydrogens is 276 g/mol. The van der Waals surface area contributed by atoms with Crippen LogP contribution in [-0.2, 0) is 19.1 Å². The van der Waals surface area contributed by atoms with E-state index in [4.69, 9.17) is 9.47 Å². The van der Waals surface area contributed by atoms with Gasteiger partial charge >= 0.3 is 11.9 Å². The number of rotatable bonds is 4. The van der Waals surface area contributed by atoms with E-state index in [0.717, 1.165) is 11.0 Å². The number of carbonyl (C=O) groups excluding carboxylic acids is 2. The van der Waals surface area contributed by atoms with Gasteiger partial charge in [-0.2, -0.15) is 11.8 Å². The maximum atomic E-state index is 11.6. The Balaban J connectivity index is 1.61. The van der Waals surface area contributed by atoms with Crippen LogP contribution >= 0.6 is 11.8 Å². The minimum absolute atomic E-state index is 0.0670. The summed E-state index contributed by atoms with van der Waals surface area (Å²) in [6, 6.07) is 0. The van der Waals surface area contributed by atoms with Crippen LogP contribution in [0.15, 0.2) is 0 Å². The van der Waals surface area contributed by atoms with Crippen LogP contribution in [0.25, 0.3) is 0 Å². The number of hydrogen-bond donors (Lipinski definition) is 0. The largest absolute Gasteiger partial charge is 0.422 e. The fraction of sp³-hybridized carbons (Fsp3) is 0.867. The third-order valence-corrected chi connectivity index (χ3v) is 6.40. The first-order valence-electron chi connectivity index (χ1n) is 7.65. The minimum Gasteiger partial charge on any atom is -0.422 e. The summed E-state index contributed by atoms with van der Waals surface area (Å²) in [5.74, 6) is -0.534. The third kappa shape index (κ3) is 2.57. The average molecular weight is 298 g/mol. The van der Waals surface area contributed by atoms with Crippen LogP contribution < -0.4 is 0 Å². The second kappa shape index (κ2) is 5.58. The lowest BCUT2D eigenvalue weighted by molar-refractivity contribution is -0.220. The van der Waals surface area contributed by atoms with E-state index in [1.54, 1.807) is 0 Å². The first-order chi connectivity index (χ1) is 9.60. The molecule has 112 valence electrons. The smallest absolute Gasteiger partial charge is 0.309 e. The van der Waals surface area contributed by atoms with Crippen molar-refractivity contribution in [2.75, 3.05) is 5.75 Å². The molecular formula is C15H22O4S. The molecule has 0 spiro atoms. The maximum absolute atomic E-state index is 11.6. The van der Waals surface area contributed by atoms with Crippen LogP contribution in [0.2, 0.25) is 0 Å². The van der Waals surface area contributed by atoms with Gasteiger partial charge in [-0.15, -0.1) is 0 Å². The normalized spacial score (nSPS) is 35.5. The second-order valence-corrected chi connectivity index (χ2v) is 7.60. The molecule has 0 N–H and O–H groups in total. The first-order valence-corrected chi connectivity index (χ1v) is 8.70. The SMILES string of the molecule is CC(CSC1CCCCC1)C12OC(=O)CC1CC(=O)O2. The molecule has 3 aliphatic rings. The number of carbonyl (C=O) groups is 2. The first kappa shape index (κ1) is 14.2. The molecule has 4 nitrogen and oxygen atoms in total. The van der Waals surface area contributed by atoms with Crippen LogP contribution in [0.1, 0.15) is 51.9 Å². The number of esters is 2. The summed E-state index contributed by atoms with van der Waals surface area (Å²) >= 11 is 1.96. The van der Waals surface area contributed by atoms with Gasteiger partial charge in [-0.25, -0.2) is 0 Å². The average Bonchev–Trinajstić information content (AvgIpc) is 2.89. The summed E-state index contributed by atoms with van der Waals surface area (Å²) < 4.78 is 10.9. The second-order valence-electron chi connectivity index (χ2n) is 6.27. The Morgan fingerprint density at radius 2 is 1.75 bits per heavy atom. The van der Waals surface area contributed by atoms with Crippen molar-refractivity contribution in [1.29, 1.82) is 0 Å². The molecule has 2 heterocycles. The summed E-state index contributed by atoms with van der Waals surface area (Å²) in [5, 5.41) is 0.718. The highest BCUT2D eigenvalue weighted by Gasteiger charge is 2.60. The molecule has 0 bridgehead atoms. The highest BCUT2D eigenvalue weighted by Crippen LogP contribution is 2.48. The van der Waals surface area contributed by atoms with Crippen molar-refractivity contribution in [3.8, 4) is 0 Å². The Morgan fingerprint density at radius 1 is 1.15 bits per heavy atom. The topological polar surface area (TPSA) is 52.6 Å². The van der Waals surface area contributed by atoms with Gasteiger partial charge in [-0.3, -0.25) is 9.59 Å². The predicted octanol–water partition coefficient (Wildman–Crippen LogP) is 2.89. The molecule has 0 aromatic heterocycles. The zero-order chi connectivity index (χ0) is 14.2. The molecule has 0 radical (unpaired) electrons. The van der Waals surface area contributed by atoms with E-state index in [9.17, 15) is 9.59 Å². The van der Waals surface area contributed by atoms with Gasteiger partial charge in [-0.05, 0) is 12.8 Å². The molecule has 5 heteroatoms. The quantitative estimate of drug-likeness (QED) is 0.747. The van der Waals surface area contributed by atoms with E-state index < -0.39 is 5.79 Å². The highest BCUT2D eigenvalue weighted by atomic mass is 32.2. The zero-order valence-corrected chi connectivity index (χ0v) is 12.7. The van der Waals surface area contributed by atoms with Crippen molar-refractivity contribution in [2.45, 2.75) is 62.9 Å². The van der Waals surface area contributed by atoms with E-state index in [2.05, 4.69) is 0 Å². The number of hydrogen-bond acceptors (Lipinski definition) is 5. The van der Waals surface area contributed by atoms with Gasteiger partial charge in [-0.1, -0.05) is 26.2 Å². The Kier molecular flexibility index (Phi) is 3.98. The molecule has 2 aliphatic heterocycles. The van der Waals surface area contributed by atoms with E-state index >= 15 is 0 Å². The van der Waals surface area contributed by atoms with E-state index in [1.807, 2.05) is 18.7 Å². The highest BCUT2D eigenvalue weighted by molar-refractivity contribution is 7.99. The number of fused-ring (bicyclic) bond motifs is 1. The predicted molar refractivity (Wildman–Crippen MR) is 76.1 cm³/mol. The van der Waals surface area contributed by atoms with Crippen LogP contribution in [0.3, 0.4) is 0 Å². The molecule has 1 atom stereocenters. The van der Waals surface area contributed by atoms with Gasteiger partial charge in [0.2, 0.25) is 0 Å². The molecule has 1 aliphatic carbocycles. The van der Waals surface area contributed by atoms with Gasteiger partial charge in [0.05, 0.1) is 18.8 Å². The van der Waals surface area contributed by atoms with Crippen molar-refractivity contribution in [3.63, 3.8) is 0 Å². The molecule has 0 amide bonds. The summed E-state index contributed by atoms with van der Waals surface area (Å²) in [7, 11) is 0. The molecule has 0 aromatic carbocycles. The molecule has 1 unspecified atom stereocenters. The van der Waals surface area contributed by atoms with E-state index in [-0.39, 0.29) is 23.8 Å². The lowest BCUT2D eigenvalue weighted by Crippen LogP contribution is -2.42. The van der Waals surface area contributed by atoms with E-state index in [0.29, 0.717) is 12.8 Å². The molecule has 3 fully saturated rings. The Bertz CT molecular complexity index is 383. The molecule has 20 heavy (non-hydrogen) atoms.